The normalized spacial score (nSPS) is 10.1. The molecule has 0 amide bonds. The third-order valence-corrected chi connectivity index (χ3v) is 2.27. The predicted molar refractivity (Wildman–Crippen MR) is 59.2 cm³/mol. The number of benzene rings is 1. The summed E-state index contributed by atoms with van der Waals surface area (Å²) in [5, 5.41) is 13.0. The van der Waals surface area contributed by atoms with Crippen LogP contribution in [0.5, 0.6) is 0 Å². The molecule has 1 heterocycles. The van der Waals surface area contributed by atoms with Crippen molar-refractivity contribution >= 4 is 10.9 Å². The lowest BCUT2D eigenvalue weighted by Crippen LogP contribution is -2.08. The number of nitrogens with zero attached hydrogens (tertiary/aromatic N) is 2. The van der Waals surface area contributed by atoms with Crippen molar-refractivity contribution in [3.05, 3.63) is 41.6 Å². The quantitative estimate of drug-likeness (QED) is 0.799. The van der Waals surface area contributed by atoms with E-state index < -0.39 is 0 Å². The second kappa shape index (κ2) is 4.07. The van der Waals surface area contributed by atoms with Crippen LogP contribution in [0.15, 0.2) is 30.3 Å². The van der Waals surface area contributed by atoms with Gasteiger partial charge in [-0.15, -0.1) is 0 Å². The number of fused-ring (bicyclic) bond motifs is 1. The second-order valence-electron chi connectivity index (χ2n) is 3.32. The second-order valence-corrected chi connectivity index (χ2v) is 3.32. The molecule has 0 saturated heterocycles. The van der Waals surface area contributed by atoms with Gasteiger partial charge in [-0.05, 0) is 19.2 Å². The molecule has 1 aromatic carbocycles. The van der Waals surface area contributed by atoms with E-state index in [2.05, 4.69) is 16.4 Å². The minimum absolute atomic E-state index is 0.619. The molecule has 0 saturated carbocycles. The van der Waals surface area contributed by atoms with E-state index in [4.69, 9.17) is 5.26 Å². The first-order valence-corrected chi connectivity index (χ1v) is 4.78. The van der Waals surface area contributed by atoms with Crippen LogP contribution < -0.4 is 5.32 Å². The van der Waals surface area contributed by atoms with E-state index in [0.717, 1.165) is 16.6 Å². The fourth-order valence-corrected chi connectivity index (χ4v) is 1.55. The average molecular weight is 197 g/mol. The molecule has 0 aliphatic rings. The van der Waals surface area contributed by atoms with Crippen LogP contribution in [0.1, 0.15) is 11.3 Å². The lowest BCUT2D eigenvalue weighted by atomic mass is 10.1. The van der Waals surface area contributed by atoms with Crippen molar-refractivity contribution in [3.8, 4) is 6.07 Å². The predicted octanol–water partition coefficient (Wildman–Crippen LogP) is 1.83. The number of aromatic nitrogens is 1. The summed E-state index contributed by atoms with van der Waals surface area (Å²) in [4.78, 5) is 4.45. The van der Waals surface area contributed by atoms with Crippen LogP contribution >= 0.6 is 0 Å². The van der Waals surface area contributed by atoms with Gasteiger partial charge in [-0.25, -0.2) is 0 Å². The van der Waals surface area contributed by atoms with E-state index in [-0.39, 0.29) is 0 Å². The molecule has 0 bridgehead atoms. The summed E-state index contributed by atoms with van der Waals surface area (Å²) >= 11 is 0. The Labute approximate surface area is 88.4 Å². The van der Waals surface area contributed by atoms with Gasteiger partial charge in [0.25, 0.3) is 0 Å². The van der Waals surface area contributed by atoms with Gasteiger partial charge in [0, 0.05) is 11.9 Å². The van der Waals surface area contributed by atoms with E-state index in [9.17, 15) is 0 Å². The molecule has 0 aliphatic carbocycles. The standard InChI is InChI=1S/C12H11N3/c1-14-8-12-10(7-13)6-9-4-2-3-5-11(9)15-12/h2-6,14H,8H2,1H3. The minimum Gasteiger partial charge on any atom is -0.314 e. The number of hydrogen-bond acceptors (Lipinski definition) is 3. The first kappa shape index (κ1) is 9.63. The highest BCUT2D eigenvalue weighted by Gasteiger charge is 2.04. The molecule has 74 valence electrons. The van der Waals surface area contributed by atoms with Crippen LogP contribution in [0.25, 0.3) is 10.9 Å². The molecule has 0 atom stereocenters. The summed E-state index contributed by atoms with van der Waals surface area (Å²) in [6.07, 6.45) is 0. The van der Waals surface area contributed by atoms with Crippen molar-refractivity contribution in [3.63, 3.8) is 0 Å². The van der Waals surface area contributed by atoms with Crippen LogP contribution in [0.3, 0.4) is 0 Å². The summed E-state index contributed by atoms with van der Waals surface area (Å²) < 4.78 is 0. The van der Waals surface area contributed by atoms with Gasteiger partial charge in [-0.1, -0.05) is 18.2 Å². The third-order valence-electron chi connectivity index (χ3n) is 2.27. The maximum absolute atomic E-state index is 8.99. The Bertz CT molecular complexity index is 526. The maximum atomic E-state index is 8.99. The summed E-state index contributed by atoms with van der Waals surface area (Å²) in [5.41, 5.74) is 2.38. The number of para-hydroxylation sites is 1. The third kappa shape index (κ3) is 1.80. The molecule has 0 unspecified atom stereocenters. The average Bonchev–Trinajstić information content (AvgIpc) is 2.28. The Balaban J connectivity index is 2.65. The molecule has 3 nitrogen and oxygen atoms in total. The number of nitriles is 1. The van der Waals surface area contributed by atoms with Crippen molar-refractivity contribution < 1.29 is 0 Å². The molecule has 1 aromatic heterocycles. The summed E-state index contributed by atoms with van der Waals surface area (Å²) in [6, 6.07) is 11.9. The van der Waals surface area contributed by atoms with Crippen LogP contribution in [-0.2, 0) is 6.54 Å². The highest BCUT2D eigenvalue weighted by molar-refractivity contribution is 5.80. The largest absolute Gasteiger partial charge is 0.314 e. The van der Waals surface area contributed by atoms with Crippen LogP contribution in [0.4, 0.5) is 0 Å². The van der Waals surface area contributed by atoms with Gasteiger partial charge in [0.2, 0.25) is 0 Å². The van der Waals surface area contributed by atoms with Crippen molar-refractivity contribution in [1.82, 2.24) is 10.3 Å². The smallest absolute Gasteiger partial charge is 0.101 e. The number of rotatable bonds is 2. The van der Waals surface area contributed by atoms with E-state index in [1.165, 1.54) is 0 Å². The Morgan fingerprint density at radius 1 is 1.40 bits per heavy atom. The molecule has 15 heavy (non-hydrogen) atoms. The number of pyridine rings is 1. The Morgan fingerprint density at radius 2 is 2.20 bits per heavy atom. The minimum atomic E-state index is 0.619. The van der Waals surface area contributed by atoms with E-state index in [0.29, 0.717) is 12.1 Å². The maximum Gasteiger partial charge on any atom is 0.101 e. The van der Waals surface area contributed by atoms with Crippen LogP contribution in [0, 0.1) is 11.3 Å². The molecular formula is C12H11N3. The molecule has 3 heteroatoms. The highest BCUT2D eigenvalue weighted by Crippen LogP contribution is 2.15. The topological polar surface area (TPSA) is 48.7 Å². The fraction of sp³-hybridized carbons (Fsp3) is 0.167. The summed E-state index contributed by atoms with van der Waals surface area (Å²) in [5.74, 6) is 0. The van der Waals surface area contributed by atoms with Crippen molar-refractivity contribution in [2.45, 2.75) is 6.54 Å². The van der Waals surface area contributed by atoms with Crippen molar-refractivity contribution in [2.75, 3.05) is 7.05 Å². The van der Waals surface area contributed by atoms with Crippen molar-refractivity contribution in [2.24, 2.45) is 0 Å². The molecule has 2 rings (SSSR count). The lowest BCUT2D eigenvalue weighted by Gasteiger charge is -2.04. The first-order chi connectivity index (χ1) is 7.35. The highest BCUT2D eigenvalue weighted by atomic mass is 14.9. The zero-order valence-corrected chi connectivity index (χ0v) is 8.49. The van der Waals surface area contributed by atoms with Gasteiger partial charge in [-0.3, -0.25) is 4.98 Å². The molecule has 2 aromatic rings. The fourth-order valence-electron chi connectivity index (χ4n) is 1.55. The Hall–Kier alpha value is -1.92. The van der Waals surface area contributed by atoms with E-state index in [1.807, 2.05) is 37.4 Å². The summed E-state index contributed by atoms with van der Waals surface area (Å²) in [7, 11) is 1.85. The Kier molecular flexibility index (Phi) is 2.61. The molecule has 0 radical (unpaired) electrons. The van der Waals surface area contributed by atoms with Gasteiger partial charge in [0.05, 0.1) is 16.8 Å². The number of nitrogens with one attached hydrogen (secondary N) is 1. The molecular weight excluding hydrogens is 186 g/mol. The van der Waals surface area contributed by atoms with Crippen LogP contribution in [0.2, 0.25) is 0 Å². The van der Waals surface area contributed by atoms with Gasteiger partial charge in [0.1, 0.15) is 6.07 Å². The molecule has 0 fully saturated rings. The van der Waals surface area contributed by atoms with Gasteiger partial charge in [-0.2, -0.15) is 5.26 Å². The monoisotopic (exact) mass is 197 g/mol. The Morgan fingerprint density at radius 3 is 2.93 bits per heavy atom. The SMILES string of the molecule is CNCc1nc2ccccc2cc1C#N. The van der Waals surface area contributed by atoms with Crippen molar-refractivity contribution in [1.29, 1.82) is 5.26 Å². The molecule has 0 spiro atoms. The lowest BCUT2D eigenvalue weighted by molar-refractivity contribution is 0.793. The first-order valence-electron chi connectivity index (χ1n) is 4.78. The van der Waals surface area contributed by atoms with Gasteiger partial charge in [0.15, 0.2) is 0 Å². The number of hydrogen-bond donors (Lipinski definition) is 1. The van der Waals surface area contributed by atoms with Crippen LogP contribution in [-0.4, -0.2) is 12.0 Å². The zero-order valence-electron chi connectivity index (χ0n) is 8.49. The molecule has 1 N–H and O–H groups in total. The van der Waals surface area contributed by atoms with E-state index in [1.54, 1.807) is 0 Å². The van der Waals surface area contributed by atoms with Gasteiger partial charge >= 0.3 is 0 Å². The van der Waals surface area contributed by atoms with E-state index >= 15 is 0 Å². The zero-order chi connectivity index (χ0) is 10.7. The summed E-state index contributed by atoms with van der Waals surface area (Å²) in [6.45, 7) is 0.619. The molecule has 0 aliphatic heterocycles. The van der Waals surface area contributed by atoms with Gasteiger partial charge < -0.3 is 5.32 Å².